The van der Waals surface area contributed by atoms with Crippen LogP contribution >= 0.6 is 0 Å². The number of hydrogen-bond donors (Lipinski definition) is 1. The van der Waals surface area contributed by atoms with E-state index in [1.165, 1.54) is 50.1 Å². The van der Waals surface area contributed by atoms with E-state index in [9.17, 15) is 0 Å². The lowest BCUT2D eigenvalue weighted by Crippen LogP contribution is -2.48. The van der Waals surface area contributed by atoms with E-state index in [1.807, 2.05) is 0 Å². The quantitative estimate of drug-likeness (QED) is 0.920. The van der Waals surface area contributed by atoms with Crippen LogP contribution in [0.1, 0.15) is 39.5 Å². The average molecular weight is 287 g/mol. The molecule has 2 saturated heterocycles. The molecule has 0 amide bonds. The lowest BCUT2D eigenvalue weighted by Gasteiger charge is -2.34. The second-order valence-electron chi connectivity index (χ2n) is 6.83. The van der Waals surface area contributed by atoms with Crippen LogP contribution in [0.2, 0.25) is 0 Å². The Balaban J connectivity index is 1.73. The molecule has 2 aliphatic rings. The maximum Gasteiger partial charge on any atom is 0.0368 e. The van der Waals surface area contributed by atoms with Crippen molar-refractivity contribution in [1.82, 2.24) is 5.32 Å². The van der Waals surface area contributed by atoms with Crippen molar-refractivity contribution in [1.29, 1.82) is 0 Å². The maximum atomic E-state index is 3.71. The Morgan fingerprint density at radius 1 is 0.952 bits per heavy atom. The Labute approximate surface area is 129 Å². The molecule has 0 aliphatic carbocycles. The molecule has 2 aliphatic heterocycles. The number of anilines is 2. The van der Waals surface area contributed by atoms with Crippen LogP contribution in [-0.2, 0) is 0 Å². The Bertz CT molecular complexity index is 450. The topological polar surface area (TPSA) is 18.5 Å². The molecule has 0 aromatic heterocycles. The second kappa shape index (κ2) is 6.27. The van der Waals surface area contributed by atoms with Crippen LogP contribution < -0.4 is 15.1 Å². The number of rotatable bonds is 3. The smallest absolute Gasteiger partial charge is 0.0368 e. The van der Waals surface area contributed by atoms with Gasteiger partial charge in [0.05, 0.1) is 0 Å². The highest BCUT2D eigenvalue weighted by Gasteiger charge is 2.27. The van der Waals surface area contributed by atoms with Crippen LogP contribution in [-0.4, -0.2) is 38.3 Å². The molecule has 1 aromatic rings. The summed E-state index contributed by atoms with van der Waals surface area (Å²) in [5.41, 5.74) is 3.01. The number of nitrogens with one attached hydrogen (secondary N) is 1. The molecule has 1 atom stereocenters. The molecule has 116 valence electrons. The van der Waals surface area contributed by atoms with Crippen molar-refractivity contribution >= 4 is 11.4 Å². The molecule has 2 fully saturated rings. The van der Waals surface area contributed by atoms with E-state index in [0.29, 0.717) is 0 Å². The first kappa shape index (κ1) is 14.7. The van der Waals surface area contributed by atoms with E-state index in [-0.39, 0.29) is 5.54 Å². The summed E-state index contributed by atoms with van der Waals surface area (Å²) in [6.07, 6.45) is 5.08. The molecule has 0 spiro atoms. The van der Waals surface area contributed by atoms with Gasteiger partial charge in [-0.2, -0.15) is 0 Å². The number of benzene rings is 1. The van der Waals surface area contributed by atoms with Crippen LogP contribution in [0, 0.1) is 0 Å². The van der Waals surface area contributed by atoms with Gasteiger partial charge in [0.15, 0.2) is 0 Å². The van der Waals surface area contributed by atoms with E-state index in [4.69, 9.17) is 0 Å². The molecular formula is C18H29N3. The van der Waals surface area contributed by atoms with Crippen LogP contribution in [0.4, 0.5) is 11.4 Å². The fraction of sp³-hybridized carbons (Fsp3) is 0.667. The minimum Gasteiger partial charge on any atom is -0.372 e. The van der Waals surface area contributed by atoms with E-state index in [2.05, 4.69) is 53.2 Å². The zero-order chi connectivity index (χ0) is 14.7. The number of nitrogens with zero attached hydrogens (tertiary/aromatic N) is 2. The zero-order valence-electron chi connectivity index (χ0n) is 13.6. The van der Waals surface area contributed by atoms with Crippen molar-refractivity contribution in [3.8, 4) is 0 Å². The summed E-state index contributed by atoms with van der Waals surface area (Å²) >= 11 is 0. The normalized spacial score (nSPS) is 27.0. The molecule has 21 heavy (non-hydrogen) atoms. The van der Waals surface area contributed by atoms with Gasteiger partial charge in [-0.25, -0.2) is 0 Å². The van der Waals surface area contributed by atoms with Crippen molar-refractivity contribution in [2.45, 2.75) is 45.1 Å². The Morgan fingerprint density at radius 2 is 1.52 bits per heavy atom. The SMILES string of the molecule is CCC1(C)CN(c2ccc(N3CCCC3)cc2)CCCN1. The van der Waals surface area contributed by atoms with Gasteiger partial charge in [-0.05, 0) is 63.4 Å². The summed E-state index contributed by atoms with van der Waals surface area (Å²) < 4.78 is 0. The van der Waals surface area contributed by atoms with Gasteiger partial charge in [-0.1, -0.05) is 6.92 Å². The van der Waals surface area contributed by atoms with E-state index in [0.717, 1.165) is 19.6 Å². The van der Waals surface area contributed by atoms with E-state index in [1.54, 1.807) is 0 Å². The summed E-state index contributed by atoms with van der Waals surface area (Å²) in [5, 5.41) is 3.71. The third-order valence-corrected chi connectivity index (χ3v) is 5.16. The highest BCUT2D eigenvalue weighted by molar-refractivity contribution is 5.57. The first-order valence-electron chi connectivity index (χ1n) is 8.55. The standard InChI is InChI=1S/C18H29N3/c1-3-18(2)15-21(14-6-11-19-18)17-9-7-16(8-10-17)20-12-4-5-13-20/h7-10,19H,3-6,11-15H2,1-2H3. The molecule has 3 heteroatoms. The highest BCUT2D eigenvalue weighted by atomic mass is 15.2. The summed E-state index contributed by atoms with van der Waals surface area (Å²) in [7, 11) is 0. The van der Waals surface area contributed by atoms with Crippen molar-refractivity contribution in [3.05, 3.63) is 24.3 Å². The predicted molar refractivity (Wildman–Crippen MR) is 91.4 cm³/mol. The van der Waals surface area contributed by atoms with Crippen LogP contribution in [0.15, 0.2) is 24.3 Å². The molecule has 1 aromatic carbocycles. The van der Waals surface area contributed by atoms with E-state index >= 15 is 0 Å². The monoisotopic (exact) mass is 287 g/mol. The minimum absolute atomic E-state index is 0.240. The van der Waals surface area contributed by atoms with Gasteiger partial charge < -0.3 is 15.1 Å². The van der Waals surface area contributed by atoms with Crippen molar-refractivity contribution < 1.29 is 0 Å². The third kappa shape index (κ3) is 3.34. The fourth-order valence-electron chi connectivity index (χ4n) is 3.52. The molecule has 3 nitrogen and oxygen atoms in total. The minimum atomic E-state index is 0.240. The predicted octanol–water partition coefficient (Wildman–Crippen LogP) is 3.26. The van der Waals surface area contributed by atoms with Gasteiger partial charge in [0, 0.05) is 43.1 Å². The average Bonchev–Trinajstić information content (AvgIpc) is 2.98. The maximum absolute atomic E-state index is 3.71. The molecule has 0 bridgehead atoms. The van der Waals surface area contributed by atoms with Crippen molar-refractivity contribution in [2.24, 2.45) is 0 Å². The van der Waals surface area contributed by atoms with Gasteiger partial charge in [-0.15, -0.1) is 0 Å². The summed E-state index contributed by atoms with van der Waals surface area (Å²) in [4.78, 5) is 5.06. The largest absolute Gasteiger partial charge is 0.372 e. The summed E-state index contributed by atoms with van der Waals surface area (Å²) in [5.74, 6) is 0. The highest BCUT2D eigenvalue weighted by Crippen LogP contribution is 2.26. The van der Waals surface area contributed by atoms with Crippen LogP contribution in [0.5, 0.6) is 0 Å². The molecule has 3 rings (SSSR count). The van der Waals surface area contributed by atoms with Crippen molar-refractivity contribution in [2.75, 3.05) is 42.5 Å². The lowest BCUT2D eigenvalue weighted by atomic mass is 9.98. The molecule has 1 unspecified atom stereocenters. The first-order chi connectivity index (χ1) is 10.2. The second-order valence-corrected chi connectivity index (χ2v) is 6.83. The van der Waals surface area contributed by atoms with Crippen molar-refractivity contribution in [3.63, 3.8) is 0 Å². The molecule has 0 saturated carbocycles. The fourth-order valence-corrected chi connectivity index (χ4v) is 3.52. The number of hydrogen-bond acceptors (Lipinski definition) is 3. The first-order valence-corrected chi connectivity index (χ1v) is 8.55. The van der Waals surface area contributed by atoms with Gasteiger partial charge >= 0.3 is 0 Å². The Hall–Kier alpha value is -1.22. The van der Waals surface area contributed by atoms with Gasteiger partial charge in [-0.3, -0.25) is 0 Å². The van der Waals surface area contributed by atoms with Crippen LogP contribution in [0.25, 0.3) is 0 Å². The third-order valence-electron chi connectivity index (χ3n) is 5.16. The van der Waals surface area contributed by atoms with Crippen LogP contribution in [0.3, 0.4) is 0 Å². The van der Waals surface area contributed by atoms with Gasteiger partial charge in [0.1, 0.15) is 0 Å². The molecular weight excluding hydrogens is 258 g/mol. The zero-order valence-corrected chi connectivity index (χ0v) is 13.6. The molecule has 2 heterocycles. The van der Waals surface area contributed by atoms with Gasteiger partial charge in [0.2, 0.25) is 0 Å². The van der Waals surface area contributed by atoms with Gasteiger partial charge in [0.25, 0.3) is 0 Å². The summed E-state index contributed by atoms with van der Waals surface area (Å²) in [6.45, 7) is 10.5. The lowest BCUT2D eigenvalue weighted by molar-refractivity contribution is 0.366. The molecule has 0 radical (unpaired) electrons. The molecule has 1 N–H and O–H groups in total. The Morgan fingerprint density at radius 3 is 2.14 bits per heavy atom. The van der Waals surface area contributed by atoms with E-state index < -0.39 is 0 Å². The Kier molecular flexibility index (Phi) is 4.39. The summed E-state index contributed by atoms with van der Waals surface area (Å²) in [6, 6.07) is 9.24.